The fourth-order valence-electron chi connectivity index (χ4n) is 1.35. The monoisotopic (exact) mass is 158 g/mol. The molecule has 0 aromatic rings. The Morgan fingerprint density at radius 3 is 2.45 bits per heavy atom. The van der Waals surface area contributed by atoms with E-state index in [1.54, 1.807) is 0 Å². The number of carbonyl (C=O) groups excluding carboxylic acids is 1. The normalized spacial score (nSPS) is 29.9. The van der Waals surface area contributed by atoms with Gasteiger partial charge in [-0.1, -0.05) is 0 Å². The highest BCUT2D eigenvalue weighted by molar-refractivity contribution is 5.81. The summed E-state index contributed by atoms with van der Waals surface area (Å²) in [4.78, 5) is 11.0. The van der Waals surface area contributed by atoms with Gasteiger partial charge in [-0.15, -0.1) is 0 Å². The number of Topliss-reactive ketones (excluding diaryl/α,β-unsaturated/α-hetero) is 1. The van der Waals surface area contributed by atoms with Gasteiger partial charge in [-0.05, 0) is 20.8 Å². The van der Waals surface area contributed by atoms with Gasteiger partial charge < -0.3 is 9.47 Å². The van der Waals surface area contributed by atoms with E-state index in [2.05, 4.69) is 0 Å². The average molecular weight is 158 g/mol. The maximum absolute atomic E-state index is 11.0. The third kappa shape index (κ3) is 1.79. The average Bonchev–Trinajstić information content (AvgIpc) is 1.85. The molecule has 0 amide bonds. The summed E-state index contributed by atoms with van der Waals surface area (Å²) in [6.07, 6.45) is -0.392. The van der Waals surface area contributed by atoms with E-state index in [0.29, 0.717) is 13.2 Å². The molecular formula is C8H14O3. The van der Waals surface area contributed by atoms with E-state index in [1.165, 1.54) is 6.92 Å². The lowest BCUT2D eigenvalue weighted by molar-refractivity contribution is -0.189. The van der Waals surface area contributed by atoms with Crippen molar-refractivity contribution in [3.8, 4) is 0 Å². The van der Waals surface area contributed by atoms with Crippen LogP contribution in [0.3, 0.4) is 0 Å². The Morgan fingerprint density at radius 1 is 1.45 bits per heavy atom. The predicted octanol–water partition coefficient (Wildman–Crippen LogP) is 0.769. The molecule has 1 unspecified atom stereocenters. The Labute approximate surface area is 66.7 Å². The quantitative estimate of drug-likeness (QED) is 0.565. The minimum absolute atomic E-state index is 0.0368. The summed E-state index contributed by atoms with van der Waals surface area (Å²) < 4.78 is 10.7. The number of hydrogen-bond donors (Lipinski definition) is 0. The minimum Gasteiger partial charge on any atom is -0.370 e. The summed E-state index contributed by atoms with van der Waals surface area (Å²) in [7, 11) is 0. The van der Waals surface area contributed by atoms with Crippen LogP contribution in [-0.2, 0) is 14.3 Å². The van der Waals surface area contributed by atoms with Gasteiger partial charge in [0.25, 0.3) is 0 Å². The van der Waals surface area contributed by atoms with E-state index in [1.807, 2.05) is 13.8 Å². The van der Waals surface area contributed by atoms with Crippen LogP contribution in [0.2, 0.25) is 0 Å². The molecular weight excluding hydrogens is 144 g/mol. The molecule has 0 bridgehead atoms. The first-order valence-corrected chi connectivity index (χ1v) is 3.80. The smallest absolute Gasteiger partial charge is 0.161 e. The van der Waals surface area contributed by atoms with Crippen LogP contribution in [-0.4, -0.2) is 30.7 Å². The van der Waals surface area contributed by atoms with E-state index in [0.717, 1.165) is 0 Å². The molecule has 0 aliphatic carbocycles. The molecule has 64 valence electrons. The number of ether oxygens (including phenoxy) is 2. The number of hydrogen-bond acceptors (Lipinski definition) is 3. The van der Waals surface area contributed by atoms with Gasteiger partial charge in [0, 0.05) is 0 Å². The first-order chi connectivity index (χ1) is 5.04. The fourth-order valence-corrected chi connectivity index (χ4v) is 1.35. The molecule has 1 heterocycles. The van der Waals surface area contributed by atoms with Gasteiger partial charge >= 0.3 is 0 Å². The van der Waals surface area contributed by atoms with Crippen molar-refractivity contribution in [3.63, 3.8) is 0 Å². The maximum atomic E-state index is 11.0. The number of carbonyl (C=O) groups is 1. The van der Waals surface area contributed by atoms with Crippen molar-refractivity contribution in [1.82, 2.24) is 0 Å². The Bertz CT molecular complexity index is 163. The summed E-state index contributed by atoms with van der Waals surface area (Å²) in [6, 6.07) is 0. The second-order valence-electron chi connectivity index (χ2n) is 3.31. The molecule has 1 saturated heterocycles. The second kappa shape index (κ2) is 2.91. The summed E-state index contributed by atoms with van der Waals surface area (Å²) in [5, 5.41) is 0. The third-order valence-electron chi connectivity index (χ3n) is 1.84. The zero-order chi connectivity index (χ0) is 8.48. The van der Waals surface area contributed by atoms with Gasteiger partial charge in [0.1, 0.15) is 6.10 Å². The van der Waals surface area contributed by atoms with E-state index in [-0.39, 0.29) is 5.78 Å². The first kappa shape index (κ1) is 8.68. The molecule has 3 heteroatoms. The number of ketones is 1. The van der Waals surface area contributed by atoms with Gasteiger partial charge in [-0.25, -0.2) is 0 Å². The fraction of sp³-hybridized carbons (Fsp3) is 0.875. The van der Waals surface area contributed by atoms with Crippen LogP contribution in [0.1, 0.15) is 20.8 Å². The van der Waals surface area contributed by atoms with Gasteiger partial charge in [-0.3, -0.25) is 4.79 Å². The molecule has 0 spiro atoms. The van der Waals surface area contributed by atoms with Crippen molar-refractivity contribution in [2.45, 2.75) is 32.5 Å². The summed E-state index contributed by atoms with van der Waals surface area (Å²) in [6.45, 7) is 6.38. The van der Waals surface area contributed by atoms with Crippen LogP contribution >= 0.6 is 0 Å². The third-order valence-corrected chi connectivity index (χ3v) is 1.84. The maximum Gasteiger partial charge on any atom is 0.161 e. The Balaban J connectivity index is 2.67. The topological polar surface area (TPSA) is 35.5 Å². The molecule has 0 radical (unpaired) electrons. The van der Waals surface area contributed by atoms with Gasteiger partial charge in [0.05, 0.1) is 18.8 Å². The molecule has 0 aromatic carbocycles. The molecule has 11 heavy (non-hydrogen) atoms. The first-order valence-electron chi connectivity index (χ1n) is 3.80. The lowest BCUT2D eigenvalue weighted by Crippen LogP contribution is -2.50. The Hall–Kier alpha value is -0.410. The lowest BCUT2D eigenvalue weighted by Gasteiger charge is -2.36. The molecule has 1 fully saturated rings. The van der Waals surface area contributed by atoms with Crippen molar-refractivity contribution < 1.29 is 14.3 Å². The second-order valence-corrected chi connectivity index (χ2v) is 3.31. The van der Waals surface area contributed by atoms with E-state index < -0.39 is 11.7 Å². The van der Waals surface area contributed by atoms with Crippen LogP contribution in [0, 0.1) is 0 Å². The predicted molar refractivity (Wildman–Crippen MR) is 40.5 cm³/mol. The molecule has 3 nitrogen and oxygen atoms in total. The van der Waals surface area contributed by atoms with Crippen LogP contribution in [0.4, 0.5) is 0 Å². The van der Waals surface area contributed by atoms with Crippen molar-refractivity contribution in [2.75, 3.05) is 13.2 Å². The van der Waals surface area contributed by atoms with Crippen molar-refractivity contribution >= 4 is 5.78 Å². The van der Waals surface area contributed by atoms with Gasteiger partial charge in [-0.2, -0.15) is 0 Å². The van der Waals surface area contributed by atoms with Crippen molar-refractivity contribution in [1.29, 1.82) is 0 Å². The molecule has 0 saturated carbocycles. The zero-order valence-corrected chi connectivity index (χ0v) is 7.22. The zero-order valence-electron chi connectivity index (χ0n) is 7.22. The van der Waals surface area contributed by atoms with Gasteiger partial charge in [0.2, 0.25) is 0 Å². The van der Waals surface area contributed by atoms with E-state index in [9.17, 15) is 4.79 Å². The van der Waals surface area contributed by atoms with Crippen LogP contribution < -0.4 is 0 Å². The summed E-state index contributed by atoms with van der Waals surface area (Å²) in [5.74, 6) is 0.0368. The summed E-state index contributed by atoms with van der Waals surface area (Å²) in [5.41, 5.74) is -0.454. The molecule has 1 aliphatic heterocycles. The van der Waals surface area contributed by atoms with Crippen LogP contribution in [0.5, 0.6) is 0 Å². The highest BCUT2D eigenvalue weighted by Gasteiger charge is 2.37. The highest BCUT2D eigenvalue weighted by Crippen LogP contribution is 2.22. The van der Waals surface area contributed by atoms with E-state index in [4.69, 9.17) is 9.47 Å². The van der Waals surface area contributed by atoms with Crippen molar-refractivity contribution in [2.24, 2.45) is 0 Å². The molecule has 0 aromatic heterocycles. The Kier molecular flexibility index (Phi) is 2.30. The molecule has 1 atom stereocenters. The van der Waals surface area contributed by atoms with Crippen molar-refractivity contribution in [3.05, 3.63) is 0 Å². The minimum atomic E-state index is -0.454. The van der Waals surface area contributed by atoms with E-state index >= 15 is 0 Å². The molecule has 0 N–H and O–H groups in total. The highest BCUT2D eigenvalue weighted by atomic mass is 16.6. The van der Waals surface area contributed by atoms with Crippen LogP contribution in [0.25, 0.3) is 0 Å². The largest absolute Gasteiger partial charge is 0.370 e. The van der Waals surface area contributed by atoms with Gasteiger partial charge in [0.15, 0.2) is 5.78 Å². The Morgan fingerprint density at radius 2 is 2.09 bits per heavy atom. The summed E-state index contributed by atoms with van der Waals surface area (Å²) >= 11 is 0. The number of rotatable bonds is 1. The standard InChI is InChI=1S/C8H14O3/c1-6(9)7-8(2,3)11-5-4-10-7/h7H,4-5H2,1-3H3. The lowest BCUT2D eigenvalue weighted by atomic mass is 9.97. The van der Waals surface area contributed by atoms with Crippen LogP contribution in [0.15, 0.2) is 0 Å². The molecule has 1 aliphatic rings. The SMILES string of the molecule is CC(=O)C1OCCOC1(C)C. The molecule has 1 rings (SSSR count).